The number of hydrogen-bond acceptors (Lipinski definition) is 5. The molecule has 232 valence electrons. The first-order valence-corrected chi connectivity index (χ1v) is 16.8. The van der Waals surface area contributed by atoms with Gasteiger partial charge in [-0.1, -0.05) is 67.1 Å². The Kier molecular flexibility index (Phi) is 12.9. The van der Waals surface area contributed by atoms with E-state index in [1.807, 2.05) is 69.3 Å². The highest BCUT2D eigenvalue weighted by molar-refractivity contribution is 7.92. The number of ether oxygens (including phenoxy) is 1. The third-order valence-electron chi connectivity index (χ3n) is 7.16. The highest BCUT2D eigenvalue weighted by Gasteiger charge is 2.31. The van der Waals surface area contributed by atoms with Crippen molar-refractivity contribution in [1.29, 1.82) is 0 Å². The van der Waals surface area contributed by atoms with E-state index in [-0.39, 0.29) is 43.8 Å². The van der Waals surface area contributed by atoms with Crippen LogP contribution in [0.3, 0.4) is 0 Å². The average Bonchev–Trinajstić information content (AvgIpc) is 2.98. The Labute approximate surface area is 261 Å². The second-order valence-corrected chi connectivity index (χ2v) is 12.8. The summed E-state index contributed by atoms with van der Waals surface area (Å²) in [5, 5.41) is 3.55. The number of hydrogen-bond donors (Lipinski definition) is 1. The number of sulfonamides is 1. The minimum atomic E-state index is -3.62. The van der Waals surface area contributed by atoms with E-state index < -0.39 is 16.1 Å². The predicted octanol–water partition coefficient (Wildman–Crippen LogP) is 5.84. The quantitative estimate of drug-likeness (QED) is 0.215. The van der Waals surface area contributed by atoms with E-state index >= 15 is 0 Å². The molecule has 3 rings (SSSR count). The average molecular weight is 628 g/mol. The molecule has 0 bridgehead atoms. The molecule has 0 fully saturated rings. The lowest BCUT2D eigenvalue weighted by Crippen LogP contribution is -2.52. The fourth-order valence-corrected chi connectivity index (χ4v) is 5.85. The number of nitrogens with one attached hydrogen (secondary N) is 1. The van der Waals surface area contributed by atoms with Crippen LogP contribution in [0.15, 0.2) is 78.9 Å². The molecular weight excluding hydrogens is 586 g/mol. The van der Waals surface area contributed by atoms with Crippen molar-refractivity contribution < 1.29 is 22.7 Å². The van der Waals surface area contributed by atoms with Crippen LogP contribution in [0.2, 0.25) is 5.02 Å². The Morgan fingerprint density at radius 1 is 0.953 bits per heavy atom. The molecule has 0 aliphatic heterocycles. The molecule has 2 amide bonds. The van der Waals surface area contributed by atoms with Gasteiger partial charge < -0.3 is 15.0 Å². The summed E-state index contributed by atoms with van der Waals surface area (Å²) in [5.41, 5.74) is 2.13. The summed E-state index contributed by atoms with van der Waals surface area (Å²) in [5.74, 6) is 0.135. The largest absolute Gasteiger partial charge is 0.494 e. The Hall–Kier alpha value is -3.56. The lowest BCUT2D eigenvalue weighted by atomic mass is 10.0. The maximum absolute atomic E-state index is 14.0. The van der Waals surface area contributed by atoms with E-state index in [2.05, 4.69) is 5.32 Å². The second-order valence-electron chi connectivity index (χ2n) is 10.5. The molecule has 0 saturated carbocycles. The minimum Gasteiger partial charge on any atom is -0.494 e. The first-order valence-electron chi connectivity index (χ1n) is 14.6. The van der Waals surface area contributed by atoms with Crippen LogP contribution in [0, 0.1) is 0 Å². The lowest BCUT2D eigenvalue weighted by Gasteiger charge is -2.33. The second kappa shape index (κ2) is 16.3. The van der Waals surface area contributed by atoms with Gasteiger partial charge in [-0.15, -0.1) is 0 Å². The normalized spacial score (nSPS) is 12.7. The van der Waals surface area contributed by atoms with E-state index in [1.165, 1.54) is 4.31 Å². The van der Waals surface area contributed by atoms with Crippen molar-refractivity contribution in [3.8, 4) is 5.75 Å². The standard InChI is InChI=1S/C33H42ClN3O5S/c1-5-25(3)35-33(39)31(23-26-13-8-7-9-14-26)36(24-27-15-10-11-16-30(27)34)32(38)17-12-22-37(43(4,40)41)28-18-20-29(21-19-28)42-6-2/h7-11,13-16,18-21,25,31H,5-6,12,17,22-24H2,1-4H3,(H,35,39)/t25-,31-/m0/s1. The van der Waals surface area contributed by atoms with Gasteiger partial charge in [0.15, 0.2) is 0 Å². The molecule has 0 spiro atoms. The molecule has 0 unspecified atom stereocenters. The van der Waals surface area contributed by atoms with Crippen LogP contribution < -0.4 is 14.4 Å². The van der Waals surface area contributed by atoms with Crippen LogP contribution in [-0.4, -0.2) is 56.6 Å². The fraction of sp³-hybridized carbons (Fsp3) is 0.394. The van der Waals surface area contributed by atoms with Crippen LogP contribution in [0.25, 0.3) is 0 Å². The van der Waals surface area contributed by atoms with Gasteiger partial charge in [0.2, 0.25) is 21.8 Å². The molecule has 2 atom stereocenters. The SMILES string of the molecule is CCOc1ccc(N(CCCC(=O)N(Cc2ccccc2Cl)[C@@H](Cc2ccccc2)C(=O)N[C@@H](C)CC)S(C)(=O)=O)cc1. The summed E-state index contributed by atoms with van der Waals surface area (Å²) < 4.78 is 32.1. The first kappa shape index (κ1) is 33.9. The van der Waals surface area contributed by atoms with Crippen molar-refractivity contribution >= 4 is 39.1 Å². The molecule has 10 heteroatoms. The molecule has 0 aromatic heterocycles. The van der Waals surface area contributed by atoms with Crippen LogP contribution in [0.4, 0.5) is 5.69 Å². The van der Waals surface area contributed by atoms with Gasteiger partial charge in [-0.25, -0.2) is 8.42 Å². The molecule has 0 aliphatic rings. The maximum atomic E-state index is 14.0. The van der Waals surface area contributed by atoms with Gasteiger partial charge in [0.1, 0.15) is 11.8 Å². The van der Waals surface area contributed by atoms with Crippen molar-refractivity contribution in [2.45, 2.75) is 65.1 Å². The summed E-state index contributed by atoms with van der Waals surface area (Å²) in [7, 11) is -3.62. The third kappa shape index (κ3) is 10.3. The van der Waals surface area contributed by atoms with E-state index in [4.69, 9.17) is 16.3 Å². The van der Waals surface area contributed by atoms with Gasteiger partial charge in [0, 0.05) is 37.0 Å². The summed E-state index contributed by atoms with van der Waals surface area (Å²) in [6.07, 6.45) is 2.50. The number of halogens is 1. The zero-order chi connectivity index (χ0) is 31.4. The number of nitrogens with zero attached hydrogens (tertiary/aromatic N) is 2. The van der Waals surface area contributed by atoms with Gasteiger partial charge in [-0.2, -0.15) is 0 Å². The van der Waals surface area contributed by atoms with Crippen LogP contribution in [0.5, 0.6) is 5.75 Å². The highest BCUT2D eigenvalue weighted by atomic mass is 35.5. The van der Waals surface area contributed by atoms with Crippen LogP contribution >= 0.6 is 11.6 Å². The van der Waals surface area contributed by atoms with E-state index in [0.29, 0.717) is 29.5 Å². The molecule has 0 aliphatic carbocycles. The van der Waals surface area contributed by atoms with Crippen molar-refractivity contribution in [2.75, 3.05) is 23.7 Å². The van der Waals surface area contributed by atoms with Gasteiger partial charge >= 0.3 is 0 Å². The number of rotatable bonds is 16. The van der Waals surface area contributed by atoms with Crippen molar-refractivity contribution in [1.82, 2.24) is 10.2 Å². The summed E-state index contributed by atoms with van der Waals surface area (Å²) in [6, 6.07) is 22.8. The van der Waals surface area contributed by atoms with E-state index in [1.54, 1.807) is 35.2 Å². The molecule has 3 aromatic rings. The molecule has 1 N–H and O–H groups in total. The smallest absolute Gasteiger partial charge is 0.243 e. The van der Waals surface area contributed by atoms with Gasteiger partial charge in [0.25, 0.3) is 0 Å². The Bertz CT molecular complexity index is 1430. The predicted molar refractivity (Wildman–Crippen MR) is 173 cm³/mol. The summed E-state index contributed by atoms with van der Waals surface area (Å²) >= 11 is 6.50. The maximum Gasteiger partial charge on any atom is 0.243 e. The fourth-order valence-electron chi connectivity index (χ4n) is 4.68. The monoisotopic (exact) mass is 627 g/mol. The molecule has 0 heterocycles. The molecular formula is C33H42ClN3O5S. The minimum absolute atomic E-state index is 0.0371. The molecule has 3 aromatic carbocycles. The summed E-state index contributed by atoms with van der Waals surface area (Å²) in [4.78, 5) is 29.2. The van der Waals surface area contributed by atoms with Crippen LogP contribution in [-0.2, 0) is 32.6 Å². The Morgan fingerprint density at radius 3 is 2.21 bits per heavy atom. The summed E-state index contributed by atoms with van der Waals surface area (Å²) in [6.45, 7) is 6.53. The number of carbonyl (C=O) groups excluding carboxylic acids is 2. The highest BCUT2D eigenvalue weighted by Crippen LogP contribution is 2.24. The number of benzene rings is 3. The van der Waals surface area contributed by atoms with Gasteiger partial charge in [-0.05, 0) is 68.1 Å². The van der Waals surface area contributed by atoms with E-state index in [9.17, 15) is 18.0 Å². The Balaban J connectivity index is 1.88. The van der Waals surface area contributed by atoms with Crippen LogP contribution in [0.1, 0.15) is 51.2 Å². The molecule has 0 radical (unpaired) electrons. The number of anilines is 1. The molecule has 43 heavy (non-hydrogen) atoms. The number of carbonyl (C=O) groups is 2. The molecule has 0 saturated heterocycles. The zero-order valence-corrected chi connectivity index (χ0v) is 26.9. The lowest BCUT2D eigenvalue weighted by molar-refractivity contribution is -0.141. The first-order chi connectivity index (χ1) is 20.5. The van der Waals surface area contributed by atoms with Gasteiger partial charge in [0.05, 0.1) is 18.6 Å². The zero-order valence-electron chi connectivity index (χ0n) is 25.3. The van der Waals surface area contributed by atoms with E-state index in [0.717, 1.165) is 23.8 Å². The van der Waals surface area contributed by atoms with Crippen molar-refractivity contribution in [3.05, 3.63) is 95.0 Å². The third-order valence-corrected chi connectivity index (χ3v) is 8.72. The topological polar surface area (TPSA) is 96.0 Å². The molecule has 8 nitrogen and oxygen atoms in total. The van der Waals surface area contributed by atoms with Crippen molar-refractivity contribution in [2.24, 2.45) is 0 Å². The van der Waals surface area contributed by atoms with Gasteiger partial charge in [-0.3, -0.25) is 13.9 Å². The van der Waals surface area contributed by atoms with Crippen molar-refractivity contribution in [3.63, 3.8) is 0 Å². The Morgan fingerprint density at radius 2 is 1.60 bits per heavy atom. The number of amides is 2.